The Bertz CT molecular complexity index is 1620. The number of amides is 1. The minimum absolute atomic E-state index is 0.219. The number of carbonyl (C=O) groups excluding carboxylic acids is 2. The Morgan fingerprint density at radius 3 is 2.66 bits per heavy atom. The number of hydrogen-bond donors (Lipinski definition) is 3. The van der Waals surface area contributed by atoms with Crippen molar-refractivity contribution >= 4 is 63.0 Å². The quantitative estimate of drug-likeness (QED) is 0.0964. The van der Waals surface area contributed by atoms with Crippen molar-refractivity contribution in [1.29, 1.82) is 0 Å². The van der Waals surface area contributed by atoms with Gasteiger partial charge in [-0.1, -0.05) is 41.9 Å². The minimum atomic E-state index is -0.633. The van der Waals surface area contributed by atoms with Crippen LogP contribution in [0, 0.1) is 0 Å². The van der Waals surface area contributed by atoms with Gasteiger partial charge in [0.1, 0.15) is 12.4 Å². The summed E-state index contributed by atoms with van der Waals surface area (Å²) in [5.41, 5.74) is 5.57. The summed E-state index contributed by atoms with van der Waals surface area (Å²) in [7, 11) is 1.53. The van der Waals surface area contributed by atoms with Gasteiger partial charge in [0.25, 0.3) is 5.91 Å². The number of esters is 1. The molecule has 0 bridgehead atoms. The Balaban J connectivity index is 1.40. The van der Waals surface area contributed by atoms with E-state index in [9.17, 15) is 9.59 Å². The number of hydrazone groups is 1. The number of hydrogen-bond acceptors (Lipinski definition) is 8. The second kappa shape index (κ2) is 15.6. The van der Waals surface area contributed by atoms with Crippen LogP contribution in [0.15, 0.2) is 81.5 Å². The molecule has 1 atom stereocenters. The number of rotatable bonds is 12. The van der Waals surface area contributed by atoms with Gasteiger partial charge >= 0.3 is 5.97 Å². The van der Waals surface area contributed by atoms with E-state index >= 15 is 0 Å². The van der Waals surface area contributed by atoms with Gasteiger partial charge in [0.05, 0.1) is 36.0 Å². The molecule has 0 spiro atoms. The van der Waals surface area contributed by atoms with Gasteiger partial charge < -0.3 is 29.6 Å². The van der Waals surface area contributed by atoms with Crippen LogP contribution >= 0.6 is 39.7 Å². The molecule has 13 heteroatoms. The fraction of sp³-hybridized carbons (Fsp3) is 0.226. The van der Waals surface area contributed by atoms with Crippen LogP contribution < -0.4 is 30.3 Å². The monoisotopic (exact) mass is 700 g/mol. The highest BCUT2D eigenvalue weighted by Gasteiger charge is 2.32. The molecular formula is C31H30BrClN4O6S. The van der Waals surface area contributed by atoms with Crippen LogP contribution in [0.2, 0.25) is 5.02 Å². The summed E-state index contributed by atoms with van der Waals surface area (Å²) in [6.45, 7) is 3.67. The molecule has 0 saturated carbocycles. The van der Waals surface area contributed by atoms with Crippen LogP contribution in [-0.4, -0.2) is 43.5 Å². The zero-order valence-electron chi connectivity index (χ0n) is 24.1. The Kier molecular flexibility index (Phi) is 11.6. The number of carbonyl (C=O) groups is 2. The molecule has 1 aliphatic rings. The molecule has 230 valence electrons. The van der Waals surface area contributed by atoms with Crippen LogP contribution in [0.4, 0.5) is 0 Å². The normalized spacial score (nSPS) is 14.5. The first-order valence-electron chi connectivity index (χ1n) is 13.4. The fourth-order valence-corrected chi connectivity index (χ4v) is 5.41. The second-order valence-corrected chi connectivity index (χ2v) is 11.1. The summed E-state index contributed by atoms with van der Waals surface area (Å²) in [5.74, 6) is 0.413. The largest absolute Gasteiger partial charge is 0.493 e. The highest BCUT2D eigenvalue weighted by molar-refractivity contribution is 9.10. The van der Waals surface area contributed by atoms with Gasteiger partial charge in [-0.2, -0.15) is 5.10 Å². The number of nitrogens with zero attached hydrogens (tertiary/aromatic N) is 1. The number of methoxy groups -OCH3 is 1. The summed E-state index contributed by atoms with van der Waals surface area (Å²) in [6, 6.07) is 17.3. The molecule has 3 aromatic rings. The molecule has 1 heterocycles. The van der Waals surface area contributed by atoms with Crippen LogP contribution in [-0.2, 0) is 20.9 Å². The molecule has 1 aliphatic heterocycles. The number of thiocarbonyl (C=S) groups is 1. The Labute approximate surface area is 273 Å². The SMILES string of the molecule is CCOC(=O)C1=C(C)NC(=S)N[C@H]1c1ccccc1OCC(=O)NN=Cc1cc(Br)c(OCc2cccc(Cl)c2)c(OC)c1. The Morgan fingerprint density at radius 1 is 1.11 bits per heavy atom. The molecule has 0 saturated heterocycles. The van der Waals surface area contributed by atoms with Gasteiger partial charge in [0.2, 0.25) is 0 Å². The van der Waals surface area contributed by atoms with Crippen LogP contribution in [0.3, 0.4) is 0 Å². The minimum Gasteiger partial charge on any atom is -0.493 e. The summed E-state index contributed by atoms with van der Waals surface area (Å²) in [5, 5.41) is 11.1. The first-order chi connectivity index (χ1) is 21.2. The van der Waals surface area contributed by atoms with Gasteiger partial charge in [-0.15, -0.1) is 0 Å². The summed E-state index contributed by atoms with van der Waals surface area (Å²) < 4.78 is 23.2. The maximum Gasteiger partial charge on any atom is 0.338 e. The van der Waals surface area contributed by atoms with Crippen molar-refractivity contribution in [3.05, 3.63) is 98.1 Å². The van der Waals surface area contributed by atoms with Gasteiger partial charge in [-0.25, -0.2) is 10.2 Å². The number of allylic oxidation sites excluding steroid dienone is 1. The van der Waals surface area contributed by atoms with Crippen molar-refractivity contribution < 1.29 is 28.5 Å². The highest BCUT2D eigenvalue weighted by atomic mass is 79.9. The van der Waals surface area contributed by atoms with Crippen molar-refractivity contribution in [2.45, 2.75) is 26.5 Å². The van der Waals surface area contributed by atoms with Crippen molar-refractivity contribution in [1.82, 2.24) is 16.1 Å². The number of para-hydroxylation sites is 1. The standard InChI is InChI=1S/C31H30BrClN4O6S/c1-4-41-30(39)27-18(2)35-31(44)36-28(27)22-10-5-6-11-24(22)42-17-26(38)37-34-15-20-13-23(32)29(25(14-20)40-3)43-16-19-8-7-9-21(33)12-19/h5-15,28H,4,16-17H2,1-3H3,(H,37,38)(H2,35,36,44)/t28-/m0/s1. The van der Waals surface area contributed by atoms with E-state index in [4.69, 9.17) is 42.8 Å². The first kappa shape index (κ1) is 32.8. The maximum absolute atomic E-state index is 12.7. The second-order valence-electron chi connectivity index (χ2n) is 9.36. The Hall–Kier alpha value is -4.13. The highest BCUT2D eigenvalue weighted by Crippen LogP contribution is 2.37. The molecule has 4 rings (SSSR count). The molecule has 3 aromatic carbocycles. The zero-order chi connectivity index (χ0) is 31.6. The molecule has 0 radical (unpaired) electrons. The van der Waals surface area contributed by atoms with E-state index in [1.807, 2.05) is 18.2 Å². The average Bonchev–Trinajstić information content (AvgIpc) is 2.99. The lowest BCUT2D eigenvalue weighted by molar-refractivity contribution is -0.139. The third kappa shape index (κ3) is 8.49. The number of benzene rings is 3. The van der Waals surface area contributed by atoms with E-state index in [2.05, 4.69) is 37.1 Å². The topological polar surface area (TPSA) is 120 Å². The van der Waals surface area contributed by atoms with Crippen molar-refractivity contribution in [3.63, 3.8) is 0 Å². The van der Waals surface area contributed by atoms with E-state index in [0.29, 0.717) is 60.9 Å². The van der Waals surface area contributed by atoms with E-state index < -0.39 is 17.9 Å². The Morgan fingerprint density at radius 2 is 1.91 bits per heavy atom. The predicted molar refractivity (Wildman–Crippen MR) is 175 cm³/mol. The van der Waals surface area contributed by atoms with E-state index in [-0.39, 0.29) is 13.2 Å². The maximum atomic E-state index is 12.7. The van der Waals surface area contributed by atoms with Gasteiger partial charge in [-0.05, 0) is 83.5 Å². The third-order valence-electron chi connectivity index (χ3n) is 6.28. The van der Waals surface area contributed by atoms with Crippen molar-refractivity contribution in [2.75, 3.05) is 20.3 Å². The number of nitrogens with one attached hydrogen (secondary N) is 3. The fourth-order valence-electron chi connectivity index (χ4n) is 4.35. The van der Waals surface area contributed by atoms with E-state index in [1.54, 1.807) is 56.3 Å². The number of halogens is 2. The lowest BCUT2D eigenvalue weighted by atomic mass is 9.95. The van der Waals surface area contributed by atoms with E-state index in [0.717, 1.165) is 5.56 Å². The van der Waals surface area contributed by atoms with Gasteiger partial charge in [0.15, 0.2) is 23.2 Å². The third-order valence-corrected chi connectivity index (χ3v) is 7.32. The molecular weight excluding hydrogens is 672 g/mol. The molecule has 44 heavy (non-hydrogen) atoms. The van der Waals surface area contributed by atoms with E-state index in [1.165, 1.54) is 13.3 Å². The summed E-state index contributed by atoms with van der Waals surface area (Å²) in [4.78, 5) is 25.3. The molecule has 10 nitrogen and oxygen atoms in total. The molecule has 0 aromatic heterocycles. The molecule has 0 aliphatic carbocycles. The average molecular weight is 702 g/mol. The predicted octanol–water partition coefficient (Wildman–Crippen LogP) is 5.58. The summed E-state index contributed by atoms with van der Waals surface area (Å²) in [6.07, 6.45) is 1.47. The number of ether oxygens (including phenoxy) is 4. The zero-order valence-corrected chi connectivity index (χ0v) is 27.3. The van der Waals surface area contributed by atoms with Crippen molar-refractivity contribution in [3.8, 4) is 17.2 Å². The van der Waals surface area contributed by atoms with Gasteiger partial charge in [0, 0.05) is 16.3 Å². The molecule has 0 fully saturated rings. The summed E-state index contributed by atoms with van der Waals surface area (Å²) >= 11 is 14.9. The van der Waals surface area contributed by atoms with Crippen LogP contribution in [0.5, 0.6) is 17.2 Å². The lowest BCUT2D eigenvalue weighted by Gasteiger charge is -2.30. The van der Waals surface area contributed by atoms with Crippen molar-refractivity contribution in [2.24, 2.45) is 5.10 Å². The molecule has 3 N–H and O–H groups in total. The molecule has 0 unspecified atom stereocenters. The van der Waals surface area contributed by atoms with Gasteiger partial charge in [-0.3, -0.25) is 4.79 Å². The lowest BCUT2D eigenvalue weighted by Crippen LogP contribution is -2.45. The van der Waals surface area contributed by atoms with Crippen LogP contribution in [0.1, 0.15) is 36.6 Å². The van der Waals surface area contributed by atoms with Crippen LogP contribution in [0.25, 0.3) is 0 Å². The molecule has 1 amide bonds. The smallest absolute Gasteiger partial charge is 0.338 e. The first-order valence-corrected chi connectivity index (χ1v) is 15.0.